The molecule has 1 amide bonds. The highest BCUT2D eigenvalue weighted by Crippen LogP contribution is 2.24. The second-order valence-electron chi connectivity index (χ2n) is 4.54. The van der Waals surface area contributed by atoms with E-state index in [0.29, 0.717) is 11.6 Å². The summed E-state index contributed by atoms with van der Waals surface area (Å²) in [5.41, 5.74) is 6.71. The molecule has 1 heterocycles. The van der Waals surface area contributed by atoms with Crippen LogP contribution in [0.4, 0.5) is 5.69 Å². The first-order valence-corrected chi connectivity index (χ1v) is 7.03. The number of nitrogens with one attached hydrogen (secondary N) is 2. The highest BCUT2D eigenvalue weighted by molar-refractivity contribution is 9.10. The van der Waals surface area contributed by atoms with Gasteiger partial charge in [0.05, 0.1) is 5.56 Å². The maximum atomic E-state index is 11.4. The molecular weight excluding hydrogens is 294 g/mol. The van der Waals surface area contributed by atoms with Crippen LogP contribution in [0.2, 0.25) is 0 Å². The van der Waals surface area contributed by atoms with Crippen LogP contribution in [0.5, 0.6) is 0 Å². The SMILES string of the molecule is NC(=O)c1c(Br)cccc1NCCC1CCCN1. The third-order valence-corrected chi connectivity index (χ3v) is 3.89. The molecule has 0 spiro atoms. The van der Waals surface area contributed by atoms with Crippen molar-refractivity contribution in [2.24, 2.45) is 5.73 Å². The van der Waals surface area contributed by atoms with E-state index in [2.05, 4.69) is 26.6 Å². The second-order valence-corrected chi connectivity index (χ2v) is 5.39. The van der Waals surface area contributed by atoms with E-state index in [9.17, 15) is 4.79 Å². The smallest absolute Gasteiger partial charge is 0.251 e. The van der Waals surface area contributed by atoms with Gasteiger partial charge in [0.2, 0.25) is 0 Å². The average molecular weight is 312 g/mol. The Bertz CT molecular complexity index is 430. The van der Waals surface area contributed by atoms with Crippen molar-refractivity contribution < 1.29 is 4.79 Å². The van der Waals surface area contributed by atoms with Crippen LogP contribution >= 0.6 is 15.9 Å². The third kappa shape index (κ3) is 3.23. The van der Waals surface area contributed by atoms with Crippen LogP contribution in [0.1, 0.15) is 29.6 Å². The molecule has 1 aliphatic rings. The van der Waals surface area contributed by atoms with E-state index in [1.54, 1.807) is 0 Å². The van der Waals surface area contributed by atoms with E-state index in [1.165, 1.54) is 12.8 Å². The Balaban J connectivity index is 1.96. The lowest BCUT2D eigenvalue weighted by atomic mass is 10.1. The van der Waals surface area contributed by atoms with Crippen molar-refractivity contribution in [1.82, 2.24) is 5.32 Å². The number of carbonyl (C=O) groups is 1. The first kappa shape index (κ1) is 13.4. The Morgan fingerprint density at radius 1 is 1.56 bits per heavy atom. The normalized spacial score (nSPS) is 18.8. The molecule has 1 unspecified atom stereocenters. The van der Waals surface area contributed by atoms with Crippen LogP contribution in [0, 0.1) is 0 Å². The van der Waals surface area contributed by atoms with Crippen molar-refractivity contribution in [3.8, 4) is 0 Å². The highest BCUT2D eigenvalue weighted by Gasteiger charge is 2.15. The summed E-state index contributed by atoms with van der Waals surface area (Å²) in [5.74, 6) is -0.413. The van der Waals surface area contributed by atoms with Gasteiger partial charge in [0.25, 0.3) is 5.91 Å². The molecular formula is C13H18BrN3O. The average Bonchev–Trinajstić information content (AvgIpc) is 2.81. The van der Waals surface area contributed by atoms with Crippen molar-refractivity contribution >= 4 is 27.5 Å². The first-order chi connectivity index (χ1) is 8.68. The number of hydrogen-bond acceptors (Lipinski definition) is 3. The van der Waals surface area contributed by atoms with Crippen molar-refractivity contribution in [3.63, 3.8) is 0 Å². The Morgan fingerprint density at radius 2 is 2.39 bits per heavy atom. The van der Waals surface area contributed by atoms with Crippen LogP contribution in [0.25, 0.3) is 0 Å². The Morgan fingerprint density at radius 3 is 3.06 bits per heavy atom. The van der Waals surface area contributed by atoms with Gasteiger partial charge in [-0.2, -0.15) is 0 Å². The second kappa shape index (κ2) is 6.20. The molecule has 0 radical (unpaired) electrons. The summed E-state index contributed by atoms with van der Waals surface area (Å²) in [5, 5.41) is 6.74. The quantitative estimate of drug-likeness (QED) is 0.780. The van der Waals surface area contributed by atoms with Gasteiger partial charge in [-0.25, -0.2) is 0 Å². The van der Waals surface area contributed by atoms with Crippen LogP contribution < -0.4 is 16.4 Å². The van der Waals surface area contributed by atoms with Gasteiger partial charge in [-0.3, -0.25) is 4.79 Å². The molecule has 1 aromatic carbocycles. The van der Waals surface area contributed by atoms with Gasteiger partial charge in [0.1, 0.15) is 0 Å². The molecule has 1 aliphatic heterocycles. The fourth-order valence-electron chi connectivity index (χ4n) is 2.31. The predicted molar refractivity (Wildman–Crippen MR) is 76.8 cm³/mol. The van der Waals surface area contributed by atoms with Gasteiger partial charge in [-0.15, -0.1) is 0 Å². The number of hydrogen-bond donors (Lipinski definition) is 3. The maximum Gasteiger partial charge on any atom is 0.251 e. The van der Waals surface area contributed by atoms with E-state index in [0.717, 1.165) is 29.7 Å². The zero-order valence-corrected chi connectivity index (χ0v) is 11.8. The highest BCUT2D eigenvalue weighted by atomic mass is 79.9. The van der Waals surface area contributed by atoms with Gasteiger partial charge in [-0.1, -0.05) is 6.07 Å². The fraction of sp³-hybridized carbons (Fsp3) is 0.462. The lowest BCUT2D eigenvalue weighted by Gasteiger charge is -2.14. The molecule has 0 aliphatic carbocycles. The zero-order valence-electron chi connectivity index (χ0n) is 10.2. The fourth-order valence-corrected chi connectivity index (χ4v) is 2.87. The molecule has 4 N–H and O–H groups in total. The summed E-state index contributed by atoms with van der Waals surface area (Å²) in [4.78, 5) is 11.4. The summed E-state index contributed by atoms with van der Waals surface area (Å²) >= 11 is 3.35. The summed E-state index contributed by atoms with van der Waals surface area (Å²) in [6.07, 6.45) is 3.56. The molecule has 5 heteroatoms. The molecule has 18 heavy (non-hydrogen) atoms. The number of anilines is 1. The number of benzene rings is 1. The summed E-state index contributed by atoms with van der Waals surface area (Å²) in [6.45, 7) is 1.96. The molecule has 1 saturated heterocycles. The first-order valence-electron chi connectivity index (χ1n) is 6.24. The minimum absolute atomic E-state index is 0.413. The van der Waals surface area contributed by atoms with Gasteiger partial charge in [0.15, 0.2) is 0 Å². The van der Waals surface area contributed by atoms with Crippen molar-refractivity contribution in [3.05, 3.63) is 28.2 Å². The monoisotopic (exact) mass is 311 g/mol. The van der Waals surface area contributed by atoms with Crippen molar-refractivity contribution in [1.29, 1.82) is 0 Å². The largest absolute Gasteiger partial charge is 0.384 e. The minimum atomic E-state index is -0.413. The van der Waals surface area contributed by atoms with Crippen molar-refractivity contribution in [2.75, 3.05) is 18.4 Å². The summed E-state index contributed by atoms with van der Waals surface area (Å²) < 4.78 is 0.735. The number of carbonyl (C=O) groups excluding carboxylic acids is 1. The predicted octanol–water partition coefficient (Wildman–Crippen LogP) is 2.10. The van der Waals surface area contributed by atoms with E-state index < -0.39 is 5.91 Å². The van der Waals surface area contributed by atoms with Gasteiger partial charge >= 0.3 is 0 Å². The van der Waals surface area contributed by atoms with Crippen LogP contribution in [0.15, 0.2) is 22.7 Å². The molecule has 4 nitrogen and oxygen atoms in total. The van der Waals surface area contributed by atoms with Crippen molar-refractivity contribution in [2.45, 2.75) is 25.3 Å². The van der Waals surface area contributed by atoms with Crippen LogP contribution in [-0.2, 0) is 0 Å². The molecule has 1 aromatic rings. The Hall–Kier alpha value is -1.07. The summed E-state index contributed by atoms with van der Waals surface area (Å²) in [7, 11) is 0. The van der Waals surface area contributed by atoms with E-state index in [-0.39, 0.29) is 0 Å². The third-order valence-electron chi connectivity index (χ3n) is 3.23. The molecule has 0 saturated carbocycles. The lowest BCUT2D eigenvalue weighted by molar-refractivity contribution is 0.100. The number of rotatable bonds is 5. The topological polar surface area (TPSA) is 67.2 Å². The van der Waals surface area contributed by atoms with Crippen LogP contribution in [-0.4, -0.2) is 25.0 Å². The number of halogens is 1. The molecule has 2 rings (SSSR count). The van der Waals surface area contributed by atoms with E-state index in [4.69, 9.17) is 5.73 Å². The molecule has 1 fully saturated rings. The van der Waals surface area contributed by atoms with Crippen LogP contribution in [0.3, 0.4) is 0 Å². The standard InChI is InChI=1S/C13H18BrN3O/c14-10-4-1-5-11(12(10)13(15)18)17-8-6-9-3-2-7-16-9/h1,4-5,9,16-17H,2-3,6-8H2,(H2,15,18). The van der Waals surface area contributed by atoms with Gasteiger partial charge in [0, 0.05) is 22.7 Å². The Kier molecular flexibility index (Phi) is 4.60. The van der Waals surface area contributed by atoms with Gasteiger partial charge < -0.3 is 16.4 Å². The molecule has 0 bridgehead atoms. The number of amides is 1. The zero-order chi connectivity index (χ0) is 13.0. The van der Waals surface area contributed by atoms with E-state index in [1.807, 2.05) is 18.2 Å². The number of nitrogens with two attached hydrogens (primary N) is 1. The summed E-state index contributed by atoms with van der Waals surface area (Å²) in [6, 6.07) is 6.20. The maximum absolute atomic E-state index is 11.4. The Labute approximate surface area is 115 Å². The number of primary amides is 1. The minimum Gasteiger partial charge on any atom is -0.384 e. The van der Waals surface area contributed by atoms with Gasteiger partial charge in [-0.05, 0) is 53.9 Å². The van der Waals surface area contributed by atoms with E-state index >= 15 is 0 Å². The molecule has 1 atom stereocenters. The lowest BCUT2D eigenvalue weighted by Crippen LogP contribution is -2.24. The molecule has 0 aromatic heterocycles. The molecule has 98 valence electrons.